The van der Waals surface area contributed by atoms with Crippen LogP contribution in [0, 0.1) is 0 Å². The molecule has 1 aromatic rings. The Kier molecular flexibility index (Phi) is 6.25. The van der Waals surface area contributed by atoms with Crippen LogP contribution >= 0.6 is 0 Å². The zero-order valence-corrected chi connectivity index (χ0v) is 12.4. The first-order valence-corrected chi connectivity index (χ1v) is 6.66. The largest absolute Gasteiger partial charge is 0.508 e. The van der Waals surface area contributed by atoms with Crippen molar-refractivity contribution in [2.24, 2.45) is 0 Å². The van der Waals surface area contributed by atoms with Gasteiger partial charge in [-0.1, -0.05) is 0 Å². The van der Waals surface area contributed by atoms with E-state index in [1.54, 1.807) is 0 Å². The van der Waals surface area contributed by atoms with E-state index in [-0.39, 0.29) is 29.7 Å². The van der Waals surface area contributed by atoms with Gasteiger partial charge >= 0.3 is 0 Å². The topological polar surface area (TPSA) is 104 Å². The number of hydrogen-bond donors (Lipinski definition) is 2. The maximum Gasteiger partial charge on any atom is 0.255 e. The van der Waals surface area contributed by atoms with E-state index in [1.807, 2.05) is 0 Å². The first-order chi connectivity index (χ1) is 10.5. The fraction of sp³-hybridized carbons (Fsp3) is 0.333. The van der Waals surface area contributed by atoms with Gasteiger partial charge in [0.1, 0.15) is 18.1 Å². The first-order valence-electron chi connectivity index (χ1n) is 6.66. The summed E-state index contributed by atoms with van der Waals surface area (Å²) in [4.78, 5) is 47.1. The van der Waals surface area contributed by atoms with Crippen LogP contribution in [0.25, 0.3) is 0 Å². The quantitative estimate of drug-likeness (QED) is 0.708. The molecule has 0 radical (unpaired) electrons. The Balaban J connectivity index is 3.10. The maximum atomic E-state index is 12.5. The number of rotatable bonds is 7. The van der Waals surface area contributed by atoms with Crippen LogP contribution in [0.4, 0.5) is 0 Å². The second kappa shape index (κ2) is 7.92. The Labute approximate surface area is 127 Å². The third-order valence-corrected chi connectivity index (χ3v) is 3.29. The van der Waals surface area contributed by atoms with Gasteiger partial charge in [0.25, 0.3) is 5.91 Å². The fourth-order valence-electron chi connectivity index (χ4n) is 2.07. The lowest BCUT2D eigenvalue weighted by atomic mass is 10.0. The number of nitrogens with zero attached hydrogens (tertiary/aromatic N) is 1. The molecule has 118 valence electrons. The molecule has 1 atom stereocenters. The second-order valence-corrected chi connectivity index (χ2v) is 4.68. The SMILES string of the molecule is CNC(=O)C(CCC=O)N(C)C(=O)c1ccc(O)cc1C=O. The molecule has 0 heterocycles. The van der Waals surface area contributed by atoms with Crippen molar-refractivity contribution in [1.82, 2.24) is 10.2 Å². The zero-order valence-electron chi connectivity index (χ0n) is 12.4. The minimum Gasteiger partial charge on any atom is -0.508 e. The predicted molar refractivity (Wildman–Crippen MR) is 78.7 cm³/mol. The molecule has 7 heteroatoms. The summed E-state index contributed by atoms with van der Waals surface area (Å²) in [6.45, 7) is 0. The second-order valence-electron chi connectivity index (χ2n) is 4.68. The Morgan fingerprint density at radius 2 is 2.05 bits per heavy atom. The molecule has 0 aliphatic carbocycles. The van der Waals surface area contributed by atoms with Crippen molar-refractivity contribution in [3.05, 3.63) is 29.3 Å². The summed E-state index contributed by atoms with van der Waals surface area (Å²) < 4.78 is 0. The number of phenols is 1. The van der Waals surface area contributed by atoms with Gasteiger partial charge in [0.15, 0.2) is 6.29 Å². The van der Waals surface area contributed by atoms with E-state index in [0.29, 0.717) is 12.6 Å². The molecule has 0 aliphatic heterocycles. The number of nitrogens with one attached hydrogen (secondary N) is 1. The third-order valence-electron chi connectivity index (χ3n) is 3.29. The lowest BCUT2D eigenvalue weighted by Crippen LogP contribution is -2.47. The van der Waals surface area contributed by atoms with E-state index in [1.165, 1.54) is 37.2 Å². The summed E-state index contributed by atoms with van der Waals surface area (Å²) in [5.74, 6) is -1.07. The number of aldehydes is 2. The molecule has 22 heavy (non-hydrogen) atoms. The summed E-state index contributed by atoms with van der Waals surface area (Å²) in [5.41, 5.74) is 0.109. The lowest BCUT2D eigenvalue weighted by molar-refractivity contribution is -0.125. The van der Waals surface area contributed by atoms with Gasteiger partial charge in [-0.2, -0.15) is 0 Å². The molecule has 0 fully saturated rings. The number of hydrogen-bond acceptors (Lipinski definition) is 5. The van der Waals surface area contributed by atoms with Gasteiger partial charge in [-0.25, -0.2) is 0 Å². The minimum absolute atomic E-state index is 0.0305. The van der Waals surface area contributed by atoms with E-state index in [0.717, 1.165) is 0 Å². The zero-order chi connectivity index (χ0) is 16.7. The number of likely N-dealkylation sites (N-methyl/N-ethyl adjacent to an activating group) is 2. The summed E-state index contributed by atoms with van der Waals surface area (Å²) in [7, 11) is 2.86. The molecular weight excluding hydrogens is 288 g/mol. The van der Waals surface area contributed by atoms with E-state index in [2.05, 4.69) is 5.32 Å². The highest BCUT2D eigenvalue weighted by Gasteiger charge is 2.27. The van der Waals surface area contributed by atoms with Crippen LogP contribution in [-0.4, -0.2) is 54.5 Å². The van der Waals surface area contributed by atoms with Crippen molar-refractivity contribution < 1.29 is 24.3 Å². The van der Waals surface area contributed by atoms with Crippen molar-refractivity contribution in [3.8, 4) is 5.75 Å². The molecule has 1 aromatic carbocycles. The number of carbonyl (C=O) groups excluding carboxylic acids is 4. The molecule has 0 aromatic heterocycles. The third kappa shape index (κ3) is 3.91. The molecule has 2 amide bonds. The van der Waals surface area contributed by atoms with Gasteiger partial charge < -0.3 is 20.1 Å². The number of carbonyl (C=O) groups is 4. The van der Waals surface area contributed by atoms with Gasteiger partial charge in [0.05, 0.1) is 5.56 Å². The highest BCUT2D eigenvalue weighted by Crippen LogP contribution is 2.18. The highest BCUT2D eigenvalue weighted by molar-refractivity contribution is 6.03. The van der Waals surface area contributed by atoms with Crippen LogP contribution in [-0.2, 0) is 9.59 Å². The van der Waals surface area contributed by atoms with Crippen LogP contribution in [0.15, 0.2) is 18.2 Å². The van der Waals surface area contributed by atoms with Crippen LogP contribution in [0.2, 0.25) is 0 Å². The number of aromatic hydroxyl groups is 1. The van der Waals surface area contributed by atoms with Crippen molar-refractivity contribution in [2.45, 2.75) is 18.9 Å². The average Bonchev–Trinajstić information content (AvgIpc) is 2.53. The summed E-state index contributed by atoms with van der Waals surface area (Å²) >= 11 is 0. The maximum absolute atomic E-state index is 12.5. The monoisotopic (exact) mass is 306 g/mol. The van der Waals surface area contributed by atoms with E-state index < -0.39 is 17.9 Å². The van der Waals surface area contributed by atoms with Crippen molar-refractivity contribution in [2.75, 3.05) is 14.1 Å². The molecule has 1 rings (SSSR count). The highest BCUT2D eigenvalue weighted by atomic mass is 16.3. The van der Waals surface area contributed by atoms with Crippen molar-refractivity contribution in [3.63, 3.8) is 0 Å². The molecular formula is C15H18N2O5. The van der Waals surface area contributed by atoms with Gasteiger partial charge in [-0.15, -0.1) is 0 Å². The lowest BCUT2D eigenvalue weighted by Gasteiger charge is -2.26. The Morgan fingerprint density at radius 3 is 2.59 bits per heavy atom. The summed E-state index contributed by atoms with van der Waals surface area (Å²) in [6, 6.07) is 2.96. The Morgan fingerprint density at radius 1 is 1.36 bits per heavy atom. The Hall–Kier alpha value is -2.70. The molecule has 0 spiro atoms. The molecule has 7 nitrogen and oxygen atoms in total. The van der Waals surface area contributed by atoms with Gasteiger partial charge in [-0.05, 0) is 24.6 Å². The summed E-state index contributed by atoms with van der Waals surface area (Å²) in [5, 5.41) is 11.8. The smallest absolute Gasteiger partial charge is 0.255 e. The Bertz CT molecular complexity index is 585. The van der Waals surface area contributed by atoms with Crippen LogP contribution in [0.1, 0.15) is 33.6 Å². The number of amides is 2. The molecule has 0 bridgehead atoms. The number of benzene rings is 1. The minimum atomic E-state index is -0.823. The van der Waals surface area contributed by atoms with E-state index >= 15 is 0 Å². The molecule has 0 aliphatic rings. The average molecular weight is 306 g/mol. The normalized spacial score (nSPS) is 11.4. The molecule has 0 saturated heterocycles. The van der Waals surface area contributed by atoms with Gasteiger partial charge in [-0.3, -0.25) is 14.4 Å². The number of phenolic OH excluding ortho intramolecular Hbond substituents is 1. The van der Waals surface area contributed by atoms with Crippen molar-refractivity contribution in [1.29, 1.82) is 0 Å². The van der Waals surface area contributed by atoms with Crippen molar-refractivity contribution >= 4 is 24.4 Å². The van der Waals surface area contributed by atoms with Crippen LogP contribution in [0.3, 0.4) is 0 Å². The van der Waals surface area contributed by atoms with E-state index in [9.17, 15) is 24.3 Å². The van der Waals surface area contributed by atoms with Gasteiger partial charge in [0, 0.05) is 26.1 Å². The fourth-order valence-corrected chi connectivity index (χ4v) is 2.07. The van der Waals surface area contributed by atoms with Crippen LogP contribution < -0.4 is 5.32 Å². The summed E-state index contributed by atoms with van der Waals surface area (Å²) in [6.07, 6.45) is 1.44. The molecule has 0 saturated carbocycles. The molecule has 1 unspecified atom stereocenters. The van der Waals surface area contributed by atoms with Crippen LogP contribution in [0.5, 0.6) is 5.75 Å². The predicted octanol–water partition coefficient (Wildman–Crippen LogP) is 0.370. The first kappa shape index (κ1) is 17.4. The van der Waals surface area contributed by atoms with E-state index in [4.69, 9.17) is 0 Å². The van der Waals surface area contributed by atoms with Gasteiger partial charge in [0.2, 0.25) is 5.91 Å². The molecule has 2 N–H and O–H groups in total. The standard InChI is InChI=1S/C15H18N2O5/c1-16-14(21)13(4-3-7-18)17(2)15(22)12-6-5-11(20)8-10(12)9-19/h5-9,13,20H,3-4H2,1-2H3,(H,16,21).